The van der Waals surface area contributed by atoms with Crippen LogP contribution in [0.25, 0.3) is 0 Å². The molecular formula is C11H18N2O4S. The number of carbonyl (C=O) groups is 2. The van der Waals surface area contributed by atoms with Crippen LogP contribution >= 0.6 is 0 Å². The van der Waals surface area contributed by atoms with Crippen molar-refractivity contribution in [2.24, 2.45) is 17.6 Å². The minimum Gasteiger partial charge on any atom is -0.369 e. The Bertz CT molecular complexity index is 460. The Morgan fingerprint density at radius 3 is 2.44 bits per heavy atom. The SMILES string of the molecule is NC(=O)[C@H]1CCCN(C(=O)[C@@H]2CCS(=O)(=O)C2)C1. The Hall–Kier alpha value is -1.11. The lowest BCUT2D eigenvalue weighted by atomic mass is 9.96. The van der Waals surface area contributed by atoms with Gasteiger partial charge in [-0.25, -0.2) is 8.42 Å². The molecule has 2 amide bonds. The molecule has 0 saturated carbocycles. The van der Waals surface area contributed by atoms with Crippen molar-refractivity contribution in [2.45, 2.75) is 19.3 Å². The van der Waals surface area contributed by atoms with Gasteiger partial charge in [0.05, 0.1) is 23.3 Å². The average Bonchev–Trinajstić information content (AvgIpc) is 2.69. The molecule has 0 spiro atoms. The number of piperidine rings is 1. The van der Waals surface area contributed by atoms with Gasteiger partial charge in [-0.2, -0.15) is 0 Å². The number of primary amides is 1. The van der Waals surface area contributed by atoms with E-state index in [2.05, 4.69) is 0 Å². The van der Waals surface area contributed by atoms with Gasteiger partial charge >= 0.3 is 0 Å². The molecule has 2 N–H and O–H groups in total. The van der Waals surface area contributed by atoms with Crippen LogP contribution in [-0.2, 0) is 19.4 Å². The van der Waals surface area contributed by atoms with Crippen molar-refractivity contribution in [3.63, 3.8) is 0 Å². The third kappa shape index (κ3) is 2.82. The molecule has 0 aromatic rings. The number of nitrogens with two attached hydrogens (primary N) is 1. The van der Waals surface area contributed by atoms with Crippen molar-refractivity contribution in [3.8, 4) is 0 Å². The zero-order valence-electron chi connectivity index (χ0n) is 10.2. The van der Waals surface area contributed by atoms with Crippen molar-refractivity contribution in [3.05, 3.63) is 0 Å². The first kappa shape index (κ1) is 13.3. The molecule has 2 saturated heterocycles. The lowest BCUT2D eigenvalue weighted by Gasteiger charge is -2.32. The summed E-state index contributed by atoms with van der Waals surface area (Å²) in [6.07, 6.45) is 1.86. The molecular weight excluding hydrogens is 256 g/mol. The van der Waals surface area contributed by atoms with E-state index in [4.69, 9.17) is 5.73 Å². The molecule has 2 rings (SSSR count). The molecule has 2 aliphatic rings. The minimum atomic E-state index is -3.05. The van der Waals surface area contributed by atoms with E-state index >= 15 is 0 Å². The standard InChI is InChI=1S/C11H18N2O4S/c12-10(14)8-2-1-4-13(6-8)11(15)9-3-5-18(16,17)7-9/h8-9H,1-7H2,(H2,12,14)/t8-,9+/m0/s1. The van der Waals surface area contributed by atoms with Gasteiger partial charge in [0.25, 0.3) is 0 Å². The van der Waals surface area contributed by atoms with Crippen LogP contribution in [0.1, 0.15) is 19.3 Å². The smallest absolute Gasteiger partial charge is 0.226 e. The zero-order valence-corrected chi connectivity index (χ0v) is 11.0. The Balaban J connectivity index is 1.99. The molecule has 0 aromatic carbocycles. The highest BCUT2D eigenvalue weighted by molar-refractivity contribution is 7.91. The molecule has 0 radical (unpaired) electrons. The van der Waals surface area contributed by atoms with Crippen LogP contribution in [0.5, 0.6) is 0 Å². The first-order valence-corrected chi connectivity index (χ1v) is 8.00. The normalized spacial score (nSPS) is 31.2. The second-order valence-electron chi connectivity index (χ2n) is 5.13. The fourth-order valence-electron chi connectivity index (χ4n) is 2.66. The monoisotopic (exact) mass is 274 g/mol. The van der Waals surface area contributed by atoms with E-state index < -0.39 is 15.8 Å². The lowest BCUT2D eigenvalue weighted by Crippen LogP contribution is -2.46. The summed E-state index contributed by atoms with van der Waals surface area (Å²) in [5, 5.41) is 0. The van der Waals surface area contributed by atoms with Gasteiger partial charge in [-0.05, 0) is 19.3 Å². The number of likely N-dealkylation sites (tertiary alicyclic amines) is 1. The van der Waals surface area contributed by atoms with E-state index in [1.807, 2.05) is 0 Å². The summed E-state index contributed by atoms with van der Waals surface area (Å²) < 4.78 is 22.7. The Morgan fingerprint density at radius 1 is 1.17 bits per heavy atom. The predicted molar refractivity (Wildman–Crippen MR) is 65.3 cm³/mol. The molecule has 0 unspecified atom stereocenters. The van der Waals surface area contributed by atoms with Gasteiger partial charge in [-0.15, -0.1) is 0 Å². The zero-order chi connectivity index (χ0) is 13.3. The molecule has 2 fully saturated rings. The Morgan fingerprint density at radius 2 is 1.89 bits per heavy atom. The van der Waals surface area contributed by atoms with E-state index in [1.54, 1.807) is 4.90 Å². The maximum atomic E-state index is 12.2. The molecule has 102 valence electrons. The number of hydrogen-bond acceptors (Lipinski definition) is 4. The van der Waals surface area contributed by atoms with E-state index in [1.165, 1.54) is 0 Å². The topological polar surface area (TPSA) is 97.5 Å². The van der Waals surface area contributed by atoms with Crippen molar-refractivity contribution in [1.82, 2.24) is 4.90 Å². The van der Waals surface area contributed by atoms with E-state index in [0.29, 0.717) is 25.9 Å². The van der Waals surface area contributed by atoms with E-state index in [-0.39, 0.29) is 29.2 Å². The highest BCUT2D eigenvalue weighted by atomic mass is 32.2. The molecule has 7 heteroatoms. The van der Waals surface area contributed by atoms with Gasteiger partial charge in [0.15, 0.2) is 9.84 Å². The van der Waals surface area contributed by atoms with Gasteiger partial charge in [0.2, 0.25) is 11.8 Å². The summed E-state index contributed by atoms with van der Waals surface area (Å²) in [4.78, 5) is 24.9. The molecule has 6 nitrogen and oxygen atoms in total. The van der Waals surface area contributed by atoms with E-state index in [9.17, 15) is 18.0 Å². The molecule has 0 aliphatic carbocycles. The quantitative estimate of drug-likeness (QED) is 0.709. The van der Waals surface area contributed by atoms with Crippen LogP contribution in [0.15, 0.2) is 0 Å². The fourth-order valence-corrected chi connectivity index (χ4v) is 4.39. The maximum absolute atomic E-state index is 12.2. The largest absolute Gasteiger partial charge is 0.369 e. The molecule has 2 heterocycles. The van der Waals surface area contributed by atoms with Gasteiger partial charge in [0.1, 0.15) is 0 Å². The van der Waals surface area contributed by atoms with Crippen molar-refractivity contribution in [1.29, 1.82) is 0 Å². The summed E-state index contributed by atoms with van der Waals surface area (Å²) in [5.41, 5.74) is 5.25. The summed E-state index contributed by atoms with van der Waals surface area (Å²) in [6, 6.07) is 0. The summed E-state index contributed by atoms with van der Waals surface area (Å²) in [5.74, 6) is -1.20. The van der Waals surface area contributed by atoms with Crippen molar-refractivity contribution >= 4 is 21.7 Å². The number of amides is 2. The van der Waals surface area contributed by atoms with Crippen LogP contribution in [0.2, 0.25) is 0 Å². The van der Waals surface area contributed by atoms with Gasteiger partial charge in [0, 0.05) is 13.1 Å². The van der Waals surface area contributed by atoms with E-state index in [0.717, 1.165) is 6.42 Å². The number of carbonyl (C=O) groups excluding carboxylic acids is 2. The number of nitrogens with zero attached hydrogens (tertiary/aromatic N) is 1. The second kappa shape index (κ2) is 4.87. The molecule has 18 heavy (non-hydrogen) atoms. The Kier molecular flexibility index (Phi) is 3.61. The van der Waals surface area contributed by atoms with Gasteiger partial charge < -0.3 is 10.6 Å². The molecule has 0 bridgehead atoms. The summed E-state index contributed by atoms with van der Waals surface area (Å²) in [6.45, 7) is 0.934. The van der Waals surface area contributed by atoms with Crippen LogP contribution in [0, 0.1) is 11.8 Å². The third-order valence-corrected chi connectivity index (χ3v) is 5.49. The highest BCUT2D eigenvalue weighted by Crippen LogP contribution is 2.24. The number of sulfone groups is 1. The first-order valence-electron chi connectivity index (χ1n) is 6.17. The summed E-state index contributed by atoms with van der Waals surface area (Å²) >= 11 is 0. The van der Waals surface area contributed by atoms with Crippen molar-refractivity contribution in [2.75, 3.05) is 24.6 Å². The number of hydrogen-bond donors (Lipinski definition) is 1. The maximum Gasteiger partial charge on any atom is 0.226 e. The van der Waals surface area contributed by atoms with Crippen LogP contribution < -0.4 is 5.73 Å². The predicted octanol–water partition coefficient (Wildman–Crippen LogP) is -0.855. The van der Waals surface area contributed by atoms with Crippen LogP contribution in [-0.4, -0.2) is 49.7 Å². The van der Waals surface area contributed by atoms with Crippen molar-refractivity contribution < 1.29 is 18.0 Å². The van der Waals surface area contributed by atoms with Crippen LogP contribution in [0.4, 0.5) is 0 Å². The minimum absolute atomic E-state index is 0.0520. The molecule has 2 aliphatic heterocycles. The van der Waals surface area contributed by atoms with Gasteiger partial charge in [-0.3, -0.25) is 9.59 Å². The third-order valence-electron chi connectivity index (χ3n) is 3.72. The Labute approximate surface area is 106 Å². The van der Waals surface area contributed by atoms with Gasteiger partial charge in [-0.1, -0.05) is 0 Å². The molecule has 0 aromatic heterocycles. The highest BCUT2D eigenvalue weighted by Gasteiger charge is 2.37. The number of rotatable bonds is 2. The second-order valence-corrected chi connectivity index (χ2v) is 7.35. The molecule has 2 atom stereocenters. The first-order chi connectivity index (χ1) is 8.39. The van der Waals surface area contributed by atoms with Crippen LogP contribution in [0.3, 0.4) is 0 Å². The fraction of sp³-hybridized carbons (Fsp3) is 0.818. The summed E-state index contributed by atoms with van der Waals surface area (Å²) in [7, 11) is -3.05. The lowest BCUT2D eigenvalue weighted by molar-refractivity contribution is -0.138. The average molecular weight is 274 g/mol.